The van der Waals surface area contributed by atoms with E-state index in [0.29, 0.717) is 6.54 Å². The normalized spacial score (nSPS) is 12.4. The molecule has 0 radical (unpaired) electrons. The number of hydrogen-bond donors (Lipinski definition) is 2. The zero-order valence-corrected chi connectivity index (χ0v) is 11.3. The number of carbonyl (C=O) groups is 1. The van der Waals surface area contributed by atoms with E-state index in [2.05, 4.69) is 24.1 Å². The van der Waals surface area contributed by atoms with Crippen LogP contribution in [0.2, 0.25) is 0 Å². The molecule has 0 saturated heterocycles. The first kappa shape index (κ1) is 14.1. The Hall–Kier alpha value is -0.940. The topological polar surface area (TPSA) is 68.0 Å². The van der Waals surface area contributed by atoms with Gasteiger partial charge < -0.3 is 11.1 Å². The Balaban J connectivity index is 2.32. The second-order valence-corrected chi connectivity index (χ2v) is 5.24. The van der Waals surface area contributed by atoms with Crippen LogP contribution in [0.5, 0.6) is 0 Å². The van der Waals surface area contributed by atoms with Crippen molar-refractivity contribution in [3.05, 3.63) is 16.1 Å². The van der Waals surface area contributed by atoms with Gasteiger partial charge in [-0.3, -0.25) is 4.79 Å². The number of nitrogens with two attached hydrogens (primary N) is 1. The van der Waals surface area contributed by atoms with Gasteiger partial charge in [0.1, 0.15) is 5.01 Å². The Kier molecular flexibility index (Phi) is 6.15. The van der Waals surface area contributed by atoms with Crippen molar-refractivity contribution in [3.8, 4) is 0 Å². The number of nitrogens with zero attached hydrogens (tertiary/aromatic N) is 1. The number of aromatic nitrogens is 1. The summed E-state index contributed by atoms with van der Waals surface area (Å²) >= 11 is 1.64. The van der Waals surface area contributed by atoms with Crippen LogP contribution in [0.25, 0.3) is 0 Å². The first-order chi connectivity index (χ1) is 8.17. The van der Waals surface area contributed by atoms with Crippen LogP contribution in [-0.4, -0.2) is 16.9 Å². The van der Waals surface area contributed by atoms with Crippen LogP contribution in [0, 0.1) is 0 Å². The van der Waals surface area contributed by atoms with Crippen LogP contribution in [0.4, 0.5) is 0 Å². The van der Waals surface area contributed by atoms with Crippen LogP contribution in [-0.2, 0) is 17.8 Å². The van der Waals surface area contributed by atoms with Gasteiger partial charge in [0.25, 0.3) is 0 Å². The molecule has 1 atom stereocenters. The second kappa shape index (κ2) is 7.40. The molecule has 1 aromatic rings. The van der Waals surface area contributed by atoms with E-state index in [-0.39, 0.29) is 11.9 Å². The van der Waals surface area contributed by atoms with Crippen LogP contribution < -0.4 is 11.1 Å². The van der Waals surface area contributed by atoms with Gasteiger partial charge in [-0.1, -0.05) is 26.7 Å². The lowest BCUT2D eigenvalue weighted by Crippen LogP contribution is -2.40. The Labute approximate surface area is 107 Å². The van der Waals surface area contributed by atoms with E-state index < -0.39 is 0 Å². The van der Waals surface area contributed by atoms with Crippen molar-refractivity contribution >= 4 is 17.2 Å². The lowest BCUT2D eigenvalue weighted by molar-refractivity contribution is -0.122. The summed E-state index contributed by atoms with van der Waals surface area (Å²) in [5.41, 5.74) is 5.77. The molecule has 4 nitrogen and oxygen atoms in total. The van der Waals surface area contributed by atoms with E-state index in [1.54, 1.807) is 11.3 Å². The number of unbranched alkanes of at least 4 members (excludes halogenated alkanes) is 1. The highest BCUT2D eigenvalue weighted by molar-refractivity contribution is 7.11. The van der Waals surface area contributed by atoms with Crippen LogP contribution in [0.1, 0.15) is 43.0 Å². The molecule has 3 N–H and O–H groups in total. The molecule has 0 aliphatic carbocycles. The van der Waals surface area contributed by atoms with E-state index in [0.717, 1.165) is 30.7 Å². The van der Waals surface area contributed by atoms with Gasteiger partial charge >= 0.3 is 0 Å². The van der Waals surface area contributed by atoms with Crippen molar-refractivity contribution in [1.29, 1.82) is 0 Å². The van der Waals surface area contributed by atoms with Gasteiger partial charge in [0.15, 0.2) is 0 Å². The van der Waals surface area contributed by atoms with E-state index in [1.807, 2.05) is 6.20 Å². The van der Waals surface area contributed by atoms with E-state index in [4.69, 9.17) is 5.73 Å². The first-order valence-corrected chi connectivity index (χ1v) is 6.95. The Morgan fingerprint density at radius 1 is 1.59 bits per heavy atom. The highest BCUT2D eigenvalue weighted by atomic mass is 32.1. The average Bonchev–Trinajstić information content (AvgIpc) is 2.80. The fourth-order valence-corrected chi connectivity index (χ4v) is 2.24. The van der Waals surface area contributed by atoms with Gasteiger partial charge in [-0.15, -0.1) is 11.3 Å². The van der Waals surface area contributed by atoms with Gasteiger partial charge in [-0.25, -0.2) is 4.98 Å². The fourth-order valence-electron chi connectivity index (χ4n) is 1.44. The van der Waals surface area contributed by atoms with Crippen molar-refractivity contribution in [3.63, 3.8) is 0 Å². The molecule has 1 amide bonds. The number of nitrogens with one attached hydrogen (secondary N) is 1. The molecule has 1 heterocycles. The zero-order chi connectivity index (χ0) is 12.7. The number of thiazole rings is 1. The summed E-state index contributed by atoms with van der Waals surface area (Å²) in [6.07, 6.45) is 5.66. The molecule has 0 aliphatic heterocycles. The minimum absolute atomic E-state index is 0.0771. The van der Waals surface area contributed by atoms with Gasteiger partial charge in [-0.05, 0) is 12.8 Å². The van der Waals surface area contributed by atoms with Crippen molar-refractivity contribution in [2.24, 2.45) is 5.73 Å². The Bertz CT molecular complexity index is 351. The van der Waals surface area contributed by atoms with E-state index in [1.165, 1.54) is 4.88 Å². The molecule has 0 saturated carbocycles. The van der Waals surface area contributed by atoms with Crippen molar-refractivity contribution in [2.45, 2.75) is 52.1 Å². The maximum Gasteiger partial charge on any atom is 0.237 e. The summed E-state index contributed by atoms with van der Waals surface area (Å²) in [5, 5.41) is 3.77. The second-order valence-electron chi connectivity index (χ2n) is 4.04. The monoisotopic (exact) mass is 255 g/mol. The maximum atomic E-state index is 11.6. The highest BCUT2D eigenvalue weighted by Crippen LogP contribution is 2.12. The van der Waals surface area contributed by atoms with Gasteiger partial charge in [0.2, 0.25) is 5.91 Å². The molecule has 0 aromatic carbocycles. The highest BCUT2D eigenvalue weighted by Gasteiger charge is 2.12. The number of hydrogen-bond acceptors (Lipinski definition) is 4. The number of amides is 1. The molecule has 0 spiro atoms. The van der Waals surface area contributed by atoms with Crippen LogP contribution in [0.15, 0.2) is 6.20 Å². The minimum Gasteiger partial charge on any atom is -0.348 e. The lowest BCUT2D eigenvalue weighted by Gasteiger charge is -2.10. The third-order valence-electron chi connectivity index (χ3n) is 2.57. The molecule has 17 heavy (non-hydrogen) atoms. The van der Waals surface area contributed by atoms with Crippen molar-refractivity contribution < 1.29 is 4.79 Å². The van der Waals surface area contributed by atoms with Crippen molar-refractivity contribution in [2.75, 3.05) is 0 Å². The first-order valence-electron chi connectivity index (χ1n) is 6.14. The van der Waals surface area contributed by atoms with Gasteiger partial charge in [-0.2, -0.15) is 0 Å². The summed E-state index contributed by atoms with van der Waals surface area (Å²) < 4.78 is 0. The summed E-state index contributed by atoms with van der Waals surface area (Å²) in [6, 6.07) is -0.388. The van der Waals surface area contributed by atoms with Crippen LogP contribution >= 0.6 is 11.3 Å². The smallest absolute Gasteiger partial charge is 0.237 e. The number of aryl methyl sites for hydroxylation is 1. The molecule has 1 aromatic heterocycles. The zero-order valence-electron chi connectivity index (χ0n) is 10.5. The minimum atomic E-state index is -0.388. The lowest BCUT2D eigenvalue weighted by atomic mass is 10.1. The average molecular weight is 255 g/mol. The fraction of sp³-hybridized carbons (Fsp3) is 0.667. The molecule has 5 heteroatoms. The summed E-state index contributed by atoms with van der Waals surface area (Å²) in [6.45, 7) is 4.67. The summed E-state index contributed by atoms with van der Waals surface area (Å²) in [4.78, 5) is 17.1. The standard InChI is InChI=1S/C12H21N3OS/c1-3-5-6-10(13)12(16)15-8-11-14-7-9(4-2)17-11/h7,10H,3-6,8,13H2,1-2H3,(H,15,16)/t10-/m0/s1. The van der Waals surface area contributed by atoms with E-state index in [9.17, 15) is 4.79 Å². The molecular formula is C12H21N3OS. The van der Waals surface area contributed by atoms with Gasteiger partial charge in [0, 0.05) is 11.1 Å². The number of carbonyl (C=O) groups excluding carboxylic acids is 1. The molecule has 0 unspecified atom stereocenters. The Morgan fingerprint density at radius 2 is 2.35 bits per heavy atom. The maximum absolute atomic E-state index is 11.6. The quantitative estimate of drug-likeness (QED) is 0.781. The van der Waals surface area contributed by atoms with Crippen molar-refractivity contribution in [1.82, 2.24) is 10.3 Å². The summed E-state index contributed by atoms with van der Waals surface area (Å²) in [5.74, 6) is -0.0771. The summed E-state index contributed by atoms with van der Waals surface area (Å²) in [7, 11) is 0. The van der Waals surface area contributed by atoms with Crippen LogP contribution in [0.3, 0.4) is 0 Å². The molecular weight excluding hydrogens is 234 g/mol. The third-order valence-corrected chi connectivity index (χ3v) is 3.71. The molecule has 0 fully saturated rings. The molecule has 1 rings (SSSR count). The van der Waals surface area contributed by atoms with Gasteiger partial charge in [0.05, 0.1) is 12.6 Å². The molecule has 0 aliphatic rings. The Morgan fingerprint density at radius 3 is 2.94 bits per heavy atom. The molecule has 0 bridgehead atoms. The largest absolute Gasteiger partial charge is 0.348 e. The predicted octanol–water partition coefficient (Wildman–Crippen LogP) is 1.84. The SMILES string of the molecule is CCCC[C@H](N)C(=O)NCc1ncc(CC)s1. The molecule has 96 valence electrons. The number of rotatable bonds is 7. The van der Waals surface area contributed by atoms with E-state index >= 15 is 0 Å². The predicted molar refractivity (Wildman–Crippen MR) is 70.8 cm³/mol. The third kappa shape index (κ3) is 4.83.